The summed E-state index contributed by atoms with van der Waals surface area (Å²) in [5.74, 6) is -0.306. The minimum absolute atomic E-state index is 0.189. The van der Waals surface area contributed by atoms with Crippen LogP contribution in [0.3, 0.4) is 0 Å². The number of rotatable bonds is 2. The molecule has 18 heavy (non-hydrogen) atoms. The highest BCUT2D eigenvalue weighted by Gasteiger charge is 2.23. The van der Waals surface area contributed by atoms with Gasteiger partial charge >= 0.3 is 5.97 Å². The van der Waals surface area contributed by atoms with E-state index in [4.69, 9.17) is 17.3 Å². The van der Waals surface area contributed by atoms with Gasteiger partial charge in [0.1, 0.15) is 0 Å². The number of nitrogen functional groups attached to an aromatic ring is 1. The van der Waals surface area contributed by atoms with Crippen LogP contribution < -0.4 is 10.6 Å². The maximum Gasteiger partial charge on any atom is 0.337 e. The Hall–Kier alpha value is -1.42. The number of nitrogens with two attached hydrogens (primary N) is 1. The molecular weight excluding hydrogens is 252 g/mol. The average Bonchev–Trinajstić information content (AvgIpc) is 2.29. The van der Waals surface area contributed by atoms with Gasteiger partial charge in [0.15, 0.2) is 0 Å². The number of hydrogen-bond donors (Lipinski definition) is 2. The van der Waals surface area contributed by atoms with Gasteiger partial charge in [-0.3, -0.25) is 0 Å². The van der Waals surface area contributed by atoms with Crippen molar-refractivity contribution in [2.45, 2.75) is 19.8 Å². The fraction of sp³-hybridized carbons (Fsp3) is 0.462. The van der Waals surface area contributed by atoms with Crippen LogP contribution >= 0.6 is 11.6 Å². The van der Waals surface area contributed by atoms with Gasteiger partial charge < -0.3 is 15.7 Å². The van der Waals surface area contributed by atoms with Gasteiger partial charge in [-0.05, 0) is 30.9 Å². The Morgan fingerprint density at radius 3 is 2.61 bits per heavy atom. The van der Waals surface area contributed by atoms with E-state index in [-0.39, 0.29) is 5.56 Å². The topological polar surface area (TPSA) is 66.6 Å². The molecule has 4 nitrogen and oxygen atoms in total. The highest BCUT2D eigenvalue weighted by molar-refractivity contribution is 6.34. The fourth-order valence-corrected chi connectivity index (χ4v) is 2.68. The first-order chi connectivity index (χ1) is 8.49. The van der Waals surface area contributed by atoms with Crippen molar-refractivity contribution < 1.29 is 9.90 Å². The molecule has 5 heteroatoms. The second kappa shape index (κ2) is 5.06. The number of halogens is 1. The summed E-state index contributed by atoms with van der Waals surface area (Å²) in [6.45, 7) is 3.89. The van der Waals surface area contributed by atoms with Crippen molar-refractivity contribution in [2.75, 3.05) is 23.7 Å². The van der Waals surface area contributed by atoms with Crippen LogP contribution in [0, 0.1) is 5.92 Å². The Morgan fingerprint density at radius 1 is 1.44 bits per heavy atom. The number of benzene rings is 1. The molecule has 3 N–H and O–H groups in total. The molecule has 0 amide bonds. The number of carbonyl (C=O) groups is 1. The zero-order valence-electron chi connectivity index (χ0n) is 10.3. The molecule has 1 fully saturated rings. The van der Waals surface area contributed by atoms with Gasteiger partial charge in [-0.25, -0.2) is 4.79 Å². The molecule has 0 radical (unpaired) electrons. The Morgan fingerprint density at radius 2 is 2.06 bits per heavy atom. The fourth-order valence-electron chi connectivity index (χ4n) is 2.34. The minimum Gasteiger partial charge on any atom is -0.478 e. The number of carboxylic acids is 1. The van der Waals surface area contributed by atoms with Gasteiger partial charge in [0.25, 0.3) is 0 Å². The molecule has 0 aliphatic carbocycles. The van der Waals surface area contributed by atoms with E-state index >= 15 is 0 Å². The molecule has 98 valence electrons. The number of piperidine rings is 1. The molecular formula is C13H17ClN2O2. The first-order valence-corrected chi connectivity index (χ1v) is 6.44. The Balaban J connectivity index is 2.39. The van der Waals surface area contributed by atoms with E-state index in [1.807, 2.05) is 4.90 Å². The first-order valence-electron chi connectivity index (χ1n) is 6.06. The Bertz CT molecular complexity index is 468. The normalized spacial score (nSPS) is 16.9. The summed E-state index contributed by atoms with van der Waals surface area (Å²) < 4.78 is 0. The van der Waals surface area contributed by atoms with Gasteiger partial charge in [0.05, 0.1) is 16.3 Å². The van der Waals surface area contributed by atoms with Gasteiger partial charge in [0.2, 0.25) is 0 Å². The van der Waals surface area contributed by atoms with Crippen molar-refractivity contribution in [3.05, 3.63) is 22.7 Å². The molecule has 0 unspecified atom stereocenters. The summed E-state index contributed by atoms with van der Waals surface area (Å²) in [7, 11) is 0. The highest BCUT2D eigenvalue weighted by atomic mass is 35.5. The van der Waals surface area contributed by atoms with Crippen LogP contribution in [0.2, 0.25) is 5.02 Å². The summed E-state index contributed by atoms with van der Waals surface area (Å²) in [6, 6.07) is 3.09. The lowest BCUT2D eigenvalue weighted by atomic mass is 9.98. The quantitative estimate of drug-likeness (QED) is 0.810. The monoisotopic (exact) mass is 268 g/mol. The maximum atomic E-state index is 11.3. The highest BCUT2D eigenvalue weighted by Crippen LogP contribution is 2.35. The van der Waals surface area contributed by atoms with E-state index in [9.17, 15) is 9.90 Å². The molecule has 0 aromatic heterocycles. The van der Waals surface area contributed by atoms with Gasteiger partial charge in [-0.2, -0.15) is 0 Å². The SMILES string of the molecule is CC1CCN(c2c(Cl)cc(N)cc2C(=O)O)CC1. The van der Waals surface area contributed by atoms with Crippen molar-refractivity contribution >= 4 is 28.9 Å². The van der Waals surface area contributed by atoms with Crippen LogP contribution in [0.4, 0.5) is 11.4 Å². The minimum atomic E-state index is -0.988. The Kier molecular flexibility index (Phi) is 3.66. The first kappa shape index (κ1) is 13.0. The standard InChI is InChI=1S/C13H17ClN2O2/c1-8-2-4-16(5-3-8)12-10(13(17)18)6-9(15)7-11(12)14/h6-8H,2-5,15H2,1H3,(H,17,18). The third kappa shape index (κ3) is 2.53. The molecule has 1 aliphatic heterocycles. The van der Waals surface area contributed by atoms with Gasteiger partial charge in [-0.15, -0.1) is 0 Å². The Labute approximate surface area is 111 Å². The van der Waals surface area contributed by atoms with E-state index in [1.54, 1.807) is 6.07 Å². The average molecular weight is 269 g/mol. The number of nitrogens with zero attached hydrogens (tertiary/aromatic N) is 1. The predicted octanol–water partition coefficient (Wildman–Crippen LogP) is 2.86. The number of carboxylic acid groups (broad SMARTS) is 1. The predicted molar refractivity (Wildman–Crippen MR) is 73.4 cm³/mol. The maximum absolute atomic E-state index is 11.3. The summed E-state index contributed by atoms with van der Waals surface area (Å²) in [5.41, 5.74) is 6.82. The van der Waals surface area contributed by atoms with Crippen LogP contribution in [0.25, 0.3) is 0 Å². The van der Waals surface area contributed by atoms with Gasteiger partial charge in [-0.1, -0.05) is 18.5 Å². The van der Waals surface area contributed by atoms with Crippen molar-refractivity contribution in [2.24, 2.45) is 5.92 Å². The largest absolute Gasteiger partial charge is 0.478 e. The molecule has 1 aliphatic rings. The molecule has 1 saturated heterocycles. The van der Waals surface area contributed by atoms with Crippen LogP contribution in [-0.2, 0) is 0 Å². The van der Waals surface area contributed by atoms with Crippen LogP contribution in [0.15, 0.2) is 12.1 Å². The molecule has 0 spiro atoms. The lowest BCUT2D eigenvalue weighted by molar-refractivity contribution is 0.0697. The number of anilines is 2. The van der Waals surface area contributed by atoms with E-state index in [0.29, 0.717) is 22.3 Å². The molecule has 1 aromatic carbocycles. The molecule has 1 heterocycles. The van der Waals surface area contributed by atoms with Crippen LogP contribution in [0.5, 0.6) is 0 Å². The van der Waals surface area contributed by atoms with Crippen molar-refractivity contribution in [1.82, 2.24) is 0 Å². The van der Waals surface area contributed by atoms with Crippen molar-refractivity contribution in [3.8, 4) is 0 Å². The molecule has 0 saturated carbocycles. The number of hydrogen-bond acceptors (Lipinski definition) is 3. The summed E-state index contributed by atoms with van der Waals surface area (Å²) in [5, 5.41) is 9.67. The van der Waals surface area contributed by atoms with Crippen molar-refractivity contribution in [1.29, 1.82) is 0 Å². The van der Waals surface area contributed by atoms with Crippen LogP contribution in [-0.4, -0.2) is 24.2 Å². The summed E-state index contributed by atoms with van der Waals surface area (Å²) in [6.07, 6.45) is 2.11. The number of aromatic carboxylic acids is 1. The second-order valence-corrected chi connectivity index (χ2v) is 5.28. The lowest BCUT2D eigenvalue weighted by Gasteiger charge is -2.33. The summed E-state index contributed by atoms with van der Waals surface area (Å²) >= 11 is 6.16. The molecule has 2 rings (SSSR count). The third-order valence-electron chi connectivity index (χ3n) is 3.42. The van der Waals surface area contributed by atoms with E-state index in [1.165, 1.54) is 6.07 Å². The van der Waals surface area contributed by atoms with Gasteiger partial charge in [0, 0.05) is 18.8 Å². The van der Waals surface area contributed by atoms with Crippen molar-refractivity contribution in [3.63, 3.8) is 0 Å². The zero-order chi connectivity index (χ0) is 13.3. The molecule has 0 atom stereocenters. The summed E-state index contributed by atoms with van der Waals surface area (Å²) in [4.78, 5) is 13.3. The zero-order valence-corrected chi connectivity index (χ0v) is 11.1. The molecule has 1 aromatic rings. The molecule has 0 bridgehead atoms. The third-order valence-corrected chi connectivity index (χ3v) is 3.70. The van der Waals surface area contributed by atoms with E-state index < -0.39 is 5.97 Å². The smallest absolute Gasteiger partial charge is 0.337 e. The lowest BCUT2D eigenvalue weighted by Crippen LogP contribution is -2.34. The van der Waals surface area contributed by atoms with Crippen LogP contribution in [0.1, 0.15) is 30.1 Å². The van der Waals surface area contributed by atoms with E-state index in [0.717, 1.165) is 25.9 Å². The second-order valence-electron chi connectivity index (χ2n) is 4.87. The van der Waals surface area contributed by atoms with E-state index in [2.05, 4.69) is 6.92 Å².